The average molecular weight is 520 g/mol. The molecule has 0 spiro atoms. The topological polar surface area (TPSA) is 46.5 Å². The van der Waals surface area contributed by atoms with E-state index in [9.17, 15) is 21.6 Å². The number of nitrogens with zero attached hydrogens (tertiary/aromatic N) is 1. The van der Waals surface area contributed by atoms with Crippen molar-refractivity contribution < 1.29 is 21.6 Å². The number of aryl methyl sites for hydroxylation is 1. The number of benzene rings is 4. The summed E-state index contributed by atoms with van der Waals surface area (Å²) >= 11 is 0. The molecule has 6 rings (SSSR count). The van der Waals surface area contributed by atoms with Crippen LogP contribution in [0, 0.1) is 12.8 Å². The number of alkyl halides is 3. The molecule has 4 atom stereocenters. The van der Waals surface area contributed by atoms with Gasteiger partial charge in [-0.05, 0) is 59.4 Å². The van der Waals surface area contributed by atoms with Crippen LogP contribution in [-0.4, -0.2) is 31.1 Å². The molecule has 4 aromatic carbocycles. The Morgan fingerprint density at radius 3 is 2.16 bits per heavy atom. The zero-order chi connectivity index (χ0) is 26.0. The normalized spacial score (nSPS) is 25.4. The lowest BCUT2D eigenvalue weighted by molar-refractivity contribution is -0.226. The number of fused-ring (bicyclic) bond motifs is 2. The Kier molecular flexibility index (Phi) is 5.35. The van der Waals surface area contributed by atoms with E-state index in [0.717, 1.165) is 16.3 Å². The lowest BCUT2D eigenvalue weighted by Crippen LogP contribution is -2.62. The zero-order valence-corrected chi connectivity index (χ0v) is 20.8. The van der Waals surface area contributed by atoms with Crippen LogP contribution in [0.5, 0.6) is 0 Å². The molecule has 1 aliphatic carbocycles. The van der Waals surface area contributed by atoms with Gasteiger partial charge in [-0.2, -0.15) is 13.2 Å². The third-order valence-corrected chi connectivity index (χ3v) is 9.99. The summed E-state index contributed by atoms with van der Waals surface area (Å²) in [6.45, 7) is 1.83. The van der Waals surface area contributed by atoms with Gasteiger partial charge in [-0.3, -0.25) is 4.99 Å². The molecule has 1 saturated carbocycles. The number of sulfone groups is 1. The fourth-order valence-corrected chi connectivity index (χ4v) is 8.08. The maximum absolute atomic E-state index is 14.8. The molecule has 4 aromatic rings. The molecule has 2 aliphatic rings. The van der Waals surface area contributed by atoms with Crippen molar-refractivity contribution in [1.82, 2.24) is 0 Å². The van der Waals surface area contributed by atoms with Gasteiger partial charge >= 0.3 is 6.18 Å². The monoisotopic (exact) mass is 519 g/mol. The summed E-state index contributed by atoms with van der Waals surface area (Å²) in [4.78, 5) is 4.32. The van der Waals surface area contributed by atoms with Gasteiger partial charge in [0.1, 0.15) is 5.25 Å². The van der Waals surface area contributed by atoms with Crippen LogP contribution in [0.2, 0.25) is 0 Å². The van der Waals surface area contributed by atoms with E-state index in [2.05, 4.69) is 4.99 Å². The highest BCUT2D eigenvalue weighted by Gasteiger charge is 2.75. The van der Waals surface area contributed by atoms with Crippen LogP contribution in [0.3, 0.4) is 0 Å². The van der Waals surface area contributed by atoms with Crippen LogP contribution in [-0.2, 0) is 9.84 Å². The molecule has 3 nitrogen and oxygen atoms in total. The Morgan fingerprint density at radius 1 is 0.838 bits per heavy atom. The molecule has 0 aromatic heterocycles. The SMILES string of the molecule is Cc1ccc(S(=O)(=O)C2C(c3ccc4ccccc4c3)=NC3(C(F)(F)F)CC(c4ccccc4)C23)cc1. The van der Waals surface area contributed by atoms with Gasteiger partial charge in [0, 0.05) is 5.92 Å². The van der Waals surface area contributed by atoms with Gasteiger partial charge in [-0.1, -0.05) is 84.4 Å². The van der Waals surface area contributed by atoms with Gasteiger partial charge in [0.2, 0.25) is 0 Å². The summed E-state index contributed by atoms with van der Waals surface area (Å²) in [5.41, 5.74) is -0.483. The minimum atomic E-state index is -4.69. The minimum absolute atomic E-state index is 0.00733. The fraction of sp³-hybridized carbons (Fsp3) is 0.233. The van der Waals surface area contributed by atoms with E-state index >= 15 is 0 Å². The summed E-state index contributed by atoms with van der Waals surface area (Å²) in [5, 5.41) is 0.296. The van der Waals surface area contributed by atoms with Crippen LogP contribution in [0.25, 0.3) is 10.8 Å². The number of hydrogen-bond donors (Lipinski definition) is 0. The van der Waals surface area contributed by atoms with Crippen molar-refractivity contribution in [1.29, 1.82) is 0 Å². The molecule has 188 valence electrons. The van der Waals surface area contributed by atoms with Gasteiger partial charge < -0.3 is 0 Å². The first-order valence-electron chi connectivity index (χ1n) is 12.1. The van der Waals surface area contributed by atoms with E-state index in [1.807, 2.05) is 31.2 Å². The van der Waals surface area contributed by atoms with Crippen molar-refractivity contribution in [2.24, 2.45) is 10.9 Å². The van der Waals surface area contributed by atoms with Crippen molar-refractivity contribution in [2.75, 3.05) is 0 Å². The summed E-state index contributed by atoms with van der Waals surface area (Å²) in [6.07, 6.45) is -4.97. The minimum Gasteiger partial charge on any atom is -0.271 e. The lowest BCUT2D eigenvalue weighted by Gasteiger charge is -2.51. The molecular formula is C30H24F3NO2S. The average Bonchev–Trinajstić information content (AvgIpc) is 3.15. The summed E-state index contributed by atoms with van der Waals surface area (Å²) in [5.74, 6) is -1.85. The second-order valence-corrected chi connectivity index (χ2v) is 12.1. The molecule has 0 amide bonds. The van der Waals surface area contributed by atoms with Crippen molar-refractivity contribution >= 4 is 26.3 Å². The Balaban J connectivity index is 1.58. The Labute approximate surface area is 213 Å². The quantitative estimate of drug-likeness (QED) is 0.295. The van der Waals surface area contributed by atoms with Gasteiger partial charge in [0.15, 0.2) is 15.4 Å². The second-order valence-electron chi connectivity index (χ2n) is 10.0. The standard InChI is InChI=1S/C30H24F3NO2S/c1-19-11-15-24(16-12-19)37(35,36)28-26-25(21-8-3-2-4-9-21)18-29(26,30(31,32)33)34-27(28)23-14-13-20-7-5-6-10-22(20)17-23/h2-17,25-26,28H,18H2,1H3. The molecule has 37 heavy (non-hydrogen) atoms. The number of halogens is 3. The molecule has 0 N–H and O–H groups in total. The maximum Gasteiger partial charge on any atom is 0.413 e. The van der Waals surface area contributed by atoms with Crippen LogP contribution >= 0.6 is 0 Å². The molecule has 1 heterocycles. The fourth-order valence-electron chi connectivity index (χ4n) is 5.99. The van der Waals surface area contributed by atoms with E-state index in [0.29, 0.717) is 11.1 Å². The van der Waals surface area contributed by atoms with E-state index < -0.39 is 38.6 Å². The van der Waals surface area contributed by atoms with Gasteiger partial charge in [0.25, 0.3) is 0 Å². The first-order valence-corrected chi connectivity index (χ1v) is 13.7. The van der Waals surface area contributed by atoms with Crippen LogP contribution in [0.15, 0.2) is 107 Å². The molecule has 0 bridgehead atoms. The van der Waals surface area contributed by atoms with Crippen LogP contribution < -0.4 is 0 Å². The van der Waals surface area contributed by atoms with Crippen molar-refractivity contribution in [3.63, 3.8) is 0 Å². The van der Waals surface area contributed by atoms with Gasteiger partial charge in [0.05, 0.1) is 10.6 Å². The molecule has 0 radical (unpaired) electrons. The summed E-state index contributed by atoms with van der Waals surface area (Å²) in [7, 11) is -4.21. The lowest BCUT2D eigenvalue weighted by atomic mass is 9.56. The maximum atomic E-state index is 14.8. The highest BCUT2D eigenvalue weighted by Crippen LogP contribution is 2.65. The van der Waals surface area contributed by atoms with Crippen LogP contribution in [0.1, 0.15) is 29.0 Å². The second kappa shape index (κ2) is 8.28. The Hall–Kier alpha value is -3.45. The number of aliphatic imine (C=N–C) groups is 1. The number of hydrogen-bond acceptors (Lipinski definition) is 3. The van der Waals surface area contributed by atoms with Crippen molar-refractivity contribution in [2.45, 2.75) is 41.1 Å². The Bertz CT molecular complexity index is 1630. The predicted octanol–water partition coefficient (Wildman–Crippen LogP) is 6.90. The number of rotatable bonds is 4. The van der Waals surface area contributed by atoms with E-state index in [1.165, 1.54) is 12.1 Å². The molecule has 1 aliphatic heterocycles. The van der Waals surface area contributed by atoms with Gasteiger partial charge in [-0.15, -0.1) is 0 Å². The first kappa shape index (κ1) is 23.9. The van der Waals surface area contributed by atoms with Crippen molar-refractivity contribution in [3.8, 4) is 0 Å². The molecular weight excluding hydrogens is 495 g/mol. The zero-order valence-electron chi connectivity index (χ0n) is 20.0. The highest BCUT2D eigenvalue weighted by atomic mass is 32.2. The Morgan fingerprint density at radius 2 is 1.49 bits per heavy atom. The molecule has 0 saturated heterocycles. The van der Waals surface area contributed by atoms with Crippen LogP contribution in [0.4, 0.5) is 13.2 Å². The highest BCUT2D eigenvalue weighted by molar-refractivity contribution is 7.93. The molecule has 1 fully saturated rings. The molecule has 4 unspecified atom stereocenters. The van der Waals surface area contributed by atoms with E-state index in [1.54, 1.807) is 60.7 Å². The predicted molar refractivity (Wildman–Crippen MR) is 139 cm³/mol. The molecule has 7 heteroatoms. The third-order valence-electron chi connectivity index (χ3n) is 7.88. The smallest absolute Gasteiger partial charge is 0.271 e. The summed E-state index contributed by atoms with van der Waals surface area (Å²) < 4.78 is 72.7. The third kappa shape index (κ3) is 3.62. The first-order chi connectivity index (χ1) is 17.6. The van der Waals surface area contributed by atoms with E-state index in [-0.39, 0.29) is 17.0 Å². The van der Waals surface area contributed by atoms with Crippen molar-refractivity contribution in [3.05, 3.63) is 114 Å². The van der Waals surface area contributed by atoms with Gasteiger partial charge in [-0.25, -0.2) is 8.42 Å². The largest absolute Gasteiger partial charge is 0.413 e. The summed E-state index contributed by atoms with van der Waals surface area (Å²) in [6, 6.07) is 27.9. The van der Waals surface area contributed by atoms with E-state index in [4.69, 9.17) is 0 Å².